The van der Waals surface area contributed by atoms with Gasteiger partial charge in [-0.2, -0.15) is 0 Å². The summed E-state index contributed by atoms with van der Waals surface area (Å²) in [6, 6.07) is 13.0. The molecule has 0 saturated carbocycles. The van der Waals surface area contributed by atoms with Crippen molar-refractivity contribution >= 4 is 5.78 Å². The first-order valence-electron chi connectivity index (χ1n) is 6.66. The number of phenols is 1. The maximum atomic E-state index is 12.5. The fourth-order valence-corrected chi connectivity index (χ4v) is 2.69. The SMILES string of the molecule is Cc1cc(O)c2c(c1)OC(c1ccccc1)C(=O)C2C. The van der Waals surface area contributed by atoms with Crippen LogP contribution in [0.25, 0.3) is 0 Å². The van der Waals surface area contributed by atoms with Crippen molar-refractivity contribution < 1.29 is 14.6 Å². The van der Waals surface area contributed by atoms with Gasteiger partial charge in [0.25, 0.3) is 0 Å². The summed E-state index contributed by atoms with van der Waals surface area (Å²) >= 11 is 0. The maximum absolute atomic E-state index is 12.5. The van der Waals surface area contributed by atoms with Gasteiger partial charge in [-0.1, -0.05) is 37.3 Å². The molecule has 3 nitrogen and oxygen atoms in total. The van der Waals surface area contributed by atoms with Crippen molar-refractivity contribution in [3.05, 3.63) is 59.2 Å². The molecule has 1 heterocycles. The van der Waals surface area contributed by atoms with Gasteiger partial charge in [-0.3, -0.25) is 4.79 Å². The molecule has 2 aromatic carbocycles. The Kier molecular flexibility index (Phi) is 2.97. The van der Waals surface area contributed by atoms with Crippen molar-refractivity contribution in [2.24, 2.45) is 0 Å². The molecule has 2 atom stereocenters. The Morgan fingerprint density at radius 3 is 2.55 bits per heavy atom. The average molecular weight is 268 g/mol. The van der Waals surface area contributed by atoms with Crippen molar-refractivity contribution in [3.63, 3.8) is 0 Å². The van der Waals surface area contributed by atoms with E-state index in [2.05, 4.69) is 0 Å². The number of hydrogen-bond donors (Lipinski definition) is 1. The quantitative estimate of drug-likeness (QED) is 0.861. The van der Waals surface area contributed by atoms with E-state index in [1.807, 2.05) is 50.2 Å². The van der Waals surface area contributed by atoms with Gasteiger partial charge in [0.05, 0.1) is 5.92 Å². The monoisotopic (exact) mass is 268 g/mol. The highest BCUT2D eigenvalue weighted by Gasteiger charge is 2.36. The molecule has 0 amide bonds. The third-order valence-corrected chi connectivity index (χ3v) is 3.73. The lowest BCUT2D eigenvalue weighted by atomic mass is 9.86. The van der Waals surface area contributed by atoms with E-state index >= 15 is 0 Å². The van der Waals surface area contributed by atoms with Crippen LogP contribution in [0.3, 0.4) is 0 Å². The van der Waals surface area contributed by atoms with E-state index in [4.69, 9.17) is 4.74 Å². The van der Waals surface area contributed by atoms with Crippen molar-refractivity contribution in [1.82, 2.24) is 0 Å². The highest BCUT2D eigenvalue weighted by atomic mass is 16.5. The summed E-state index contributed by atoms with van der Waals surface area (Å²) in [6.45, 7) is 3.71. The molecule has 1 aliphatic rings. The number of aromatic hydroxyl groups is 1. The van der Waals surface area contributed by atoms with E-state index < -0.39 is 6.10 Å². The molecule has 20 heavy (non-hydrogen) atoms. The molecule has 0 saturated heterocycles. The van der Waals surface area contributed by atoms with Gasteiger partial charge in [0.1, 0.15) is 11.5 Å². The Hall–Kier alpha value is -2.29. The lowest BCUT2D eigenvalue weighted by Gasteiger charge is -2.30. The summed E-state index contributed by atoms with van der Waals surface area (Å²) in [5, 5.41) is 10.0. The normalized spacial score (nSPS) is 21.2. The molecule has 0 bridgehead atoms. The van der Waals surface area contributed by atoms with Crippen LogP contribution in [0.4, 0.5) is 0 Å². The van der Waals surface area contributed by atoms with Crippen LogP contribution in [-0.4, -0.2) is 10.9 Å². The fraction of sp³-hybridized carbons (Fsp3) is 0.235. The number of aryl methyl sites for hydroxylation is 1. The fourth-order valence-electron chi connectivity index (χ4n) is 2.69. The largest absolute Gasteiger partial charge is 0.507 e. The molecule has 2 aromatic rings. The minimum atomic E-state index is -0.597. The van der Waals surface area contributed by atoms with Gasteiger partial charge in [0.15, 0.2) is 11.9 Å². The van der Waals surface area contributed by atoms with Crippen LogP contribution in [-0.2, 0) is 4.79 Å². The summed E-state index contributed by atoms with van der Waals surface area (Å²) in [5.41, 5.74) is 2.35. The first kappa shape index (κ1) is 12.7. The van der Waals surface area contributed by atoms with Crippen LogP contribution in [0.5, 0.6) is 11.5 Å². The van der Waals surface area contributed by atoms with Crippen LogP contribution >= 0.6 is 0 Å². The molecule has 1 N–H and O–H groups in total. The van der Waals surface area contributed by atoms with Crippen molar-refractivity contribution in [1.29, 1.82) is 0 Å². The summed E-state index contributed by atoms with van der Waals surface area (Å²) in [4.78, 5) is 12.5. The average Bonchev–Trinajstić information content (AvgIpc) is 2.43. The first-order chi connectivity index (χ1) is 9.58. The van der Waals surface area contributed by atoms with Crippen LogP contribution in [0, 0.1) is 6.92 Å². The molecule has 0 aromatic heterocycles. The van der Waals surface area contributed by atoms with E-state index in [1.54, 1.807) is 6.07 Å². The maximum Gasteiger partial charge on any atom is 0.185 e. The van der Waals surface area contributed by atoms with Crippen molar-refractivity contribution in [3.8, 4) is 11.5 Å². The zero-order valence-electron chi connectivity index (χ0n) is 11.5. The lowest BCUT2D eigenvalue weighted by molar-refractivity contribution is -0.128. The molecule has 0 radical (unpaired) electrons. The van der Waals surface area contributed by atoms with Gasteiger partial charge in [-0.25, -0.2) is 0 Å². The molecule has 2 unspecified atom stereocenters. The van der Waals surface area contributed by atoms with E-state index in [0.717, 1.165) is 11.1 Å². The molecule has 3 rings (SSSR count). The van der Waals surface area contributed by atoms with Crippen molar-refractivity contribution in [2.75, 3.05) is 0 Å². The molecular formula is C17H16O3. The van der Waals surface area contributed by atoms with Gasteiger partial charge < -0.3 is 9.84 Å². The number of rotatable bonds is 1. The van der Waals surface area contributed by atoms with Gasteiger partial charge in [-0.05, 0) is 30.2 Å². The van der Waals surface area contributed by atoms with E-state index in [0.29, 0.717) is 11.3 Å². The smallest absolute Gasteiger partial charge is 0.185 e. The van der Waals surface area contributed by atoms with Crippen LogP contribution in [0.15, 0.2) is 42.5 Å². The Morgan fingerprint density at radius 1 is 1.15 bits per heavy atom. The second kappa shape index (κ2) is 4.67. The number of ether oxygens (including phenoxy) is 1. The molecule has 0 spiro atoms. The van der Waals surface area contributed by atoms with E-state index in [1.165, 1.54) is 0 Å². The minimum Gasteiger partial charge on any atom is -0.507 e. The Morgan fingerprint density at radius 2 is 1.85 bits per heavy atom. The molecule has 102 valence electrons. The van der Waals surface area contributed by atoms with Gasteiger partial charge in [0, 0.05) is 5.56 Å². The molecule has 0 fully saturated rings. The predicted octanol–water partition coefficient (Wildman–Crippen LogP) is 3.51. The zero-order valence-corrected chi connectivity index (χ0v) is 11.5. The Bertz CT molecular complexity index is 661. The van der Waals surface area contributed by atoms with Crippen LogP contribution < -0.4 is 4.74 Å². The molecule has 3 heteroatoms. The number of Topliss-reactive ketones (excluding diaryl/α,β-unsaturated/α-hetero) is 1. The second-order valence-electron chi connectivity index (χ2n) is 5.23. The lowest BCUT2D eigenvalue weighted by Crippen LogP contribution is -2.28. The summed E-state index contributed by atoms with van der Waals surface area (Å²) in [6.07, 6.45) is -0.597. The number of benzene rings is 2. The standard InChI is InChI=1S/C17H16O3/c1-10-8-13(18)15-11(2)16(19)17(20-14(15)9-10)12-6-4-3-5-7-12/h3-9,11,17-18H,1-2H3. The minimum absolute atomic E-state index is 0.0251. The Labute approximate surface area is 117 Å². The highest BCUT2D eigenvalue weighted by Crippen LogP contribution is 2.44. The topological polar surface area (TPSA) is 46.5 Å². The summed E-state index contributed by atoms with van der Waals surface area (Å²) in [5.74, 6) is 0.336. The Balaban J connectivity index is 2.09. The number of hydrogen-bond acceptors (Lipinski definition) is 3. The summed E-state index contributed by atoms with van der Waals surface area (Å²) in [7, 11) is 0. The van der Waals surface area contributed by atoms with Gasteiger partial charge in [-0.15, -0.1) is 0 Å². The van der Waals surface area contributed by atoms with E-state index in [-0.39, 0.29) is 17.5 Å². The van der Waals surface area contributed by atoms with Crippen LogP contribution in [0.1, 0.15) is 35.6 Å². The third-order valence-electron chi connectivity index (χ3n) is 3.73. The van der Waals surface area contributed by atoms with E-state index in [9.17, 15) is 9.90 Å². The predicted molar refractivity (Wildman–Crippen MR) is 76.1 cm³/mol. The molecular weight excluding hydrogens is 252 g/mol. The second-order valence-corrected chi connectivity index (χ2v) is 5.23. The summed E-state index contributed by atoms with van der Waals surface area (Å²) < 4.78 is 5.85. The number of ketones is 1. The molecule has 0 aliphatic carbocycles. The van der Waals surface area contributed by atoms with Crippen LogP contribution in [0.2, 0.25) is 0 Å². The third kappa shape index (κ3) is 1.95. The zero-order chi connectivity index (χ0) is 14.3. The van der Waals surface area contributed by atoms with Gasteiger partial charge in [0.2, 0.25) is 0 Å². The number of phenolic OH excluding ortho intramolecular Hbond substituents is 1. The highest BCUT2D eigenvalue weighted by molar-refractivity contribution is 5.93. The number of fused-ring (bicyclic) bond motifs is 1. The first-order valence-corrected chi connectivity index (χ1v) is 6.66. The molecule has 1 aliphatic heterocycles. The number of carbonyl (C=O) groups is 1. The van der Waals surface area contributed by atoms with Gasteiger partial charge >= 0.3 is 0 Å². The van der Waals surface area contributed by atoms with Crippen molar-refractivity contribution in [2.45, 2.75) is 25.9 Å². The number of carbonyl (C=O) groups excluding carboxylic acids is 1.